The molecule has 5 nitrogen and oxygen atoms in total. The summed E-state index contributed by atoms with van der Waals surface area (Å²) in [7, 11) is 0. The highest BCUT2D eigenvalue weighted by Gasteiger charge is 2.08. The van der Waals surface area contributed by atoms with Gasteiger partial charge >= 0.3 is 6.61 Å². The van der Waals surface area contributed by atoms with Crippen LogP contribution in [0, 0.1) is 12.7 Å². The van der Waals surface area contributed by atoms with Crippen molar-refractivity contribution in [2.24, 2.45) is 5.16 Å². The highest BCUT2D eigenvalue weighted by atomic mass is 19.3. The first kappa shape index (κ1) is 18.3. The van der Waals surface area contributed by atoms with Crippen molar-refractivity contribution in [1.29, 1.82) is 0 Å². The van der Waals surface area contributed by atoms with Gasteiger partial charge in [-0.05, 0) is 36.8 Å². The van der Waals surface area contributed by atoms with E-state index in [0.717, 1.165) is 6.21 Å². The van der Waals surface area contributed by atoms with Gasteiger partial charge < -0.3 is 14.9 Å². The van der Waals surface area contributed by atoms with Crippen LogP contribution in [0.3, 0.4) is 0 Å². The van der Waals surface area contributed by atoms with Gasteiger partial charge in [-0.3, -0.25) is 4.79 Å². The summed E-state index contributed by atoms with van der Waals surface area (Å²) in [6.45, 7) is -1.78. The highest BCUT2D eigenvalue weighted by Crippen LogP contribution is 2.18. The number of amides is 1. The van der Waals surface area contributed by atoms with Crippen LogP contribution >= 0.6 is 0 Å². The number of carbonyl (C=O) groups excluding carboxylic acids is 1. The quantitative estimate of drug-likeness (QED) is 0.610. The van der Waals surface area contributed by atoms with Crippen molar-refractivity contribution >= 4 is 17.8 Å². The summed E-state index contributed by atoms with van der Waals surface area (Å²) in [5.74, 6) is -1.05. The Labute approximate surface area is 142 Å². The lowest BCUT2D eigenvalue weighted by Gasteiger charge is -2.07. The van der Waals surface area contributed by atoms with Crippen molar-refractivity contribution in [3.8, 4) is 5.75 Å². The van der Waals surface area contributed by atoms with E-state index in [0.29, 0.717) is 5.56 Å². The van der Waals surface area contributed by atoms with Crippen molar-refractivity contribution in [1.82, 2.24) is 0 Å². The third-order valence-electron chi connectivity index (χ3n) is 3.05. The molecule has 25 heavy (non-hydrogen) atoms. The van der Waals surface area contributed by atoms with Crippen LogP contribution in [0.15, 0.2) is 47.6 Å². The van der Waals surface area contributed by atoms with Gasteiger partial charge in [0, 0.05) is 11.3 Å². The van der Waals surface area contributed by atoms with Crippen LogP contribution in [0.25, 0.3) is 0 Å². The fraction of sp³-hybridized carbons (Fsp3) is 0.176. The third kappa shape index (κ3) is 5.83. The molecular formula is C17H15F3N2O3. The van der Waals surface area contributed by atoms with Gasteiger partial charge in [-0.2, -0.15) is 8.78 Å². The Kier molecular flexibility index (Phi) is 6.39. The smallest absolute Gasteiger partial charge is 0.387 e. The summed E-state index contributed by atoms with van der Waals surface area (Å²) in [4.78, 5) is 16.5. The van der Waals surface area contributed by atoms with Gasteiger partial charge in [0.15, 0.2) is 6.61 Å². The van der Waals surface area contributed by atoms with Gasteiger partial charge in [0.25, 0.3) is 5.91 Å². The first-order chi connectivity index (χ1) is 12.0. The molecule has 0 aliphatic heterocycles. The average Bonchev–Trinajstić information content (AvgIpc) is 2.56. The summed E-state index contributed by atoms with van der Waals surface area (Å²) in [6, 6.07) is 10.3. The molecule has 0 fully saturated rings. The second-order valence-electron chi connectivity index (χ2n) is 4.94. The maximum atomic E-state index is 13.4. The highest BCUT2D eigenvalue weighted by molar-refractivity contribution is 5.91. The predicted octanol–water partition coefficient (Wildman–Crippen LogP) is 3.72. The summed E-state index contributed by atoms with van der Waals surface area (Å²) < 4.78 is 42.3. The number of oxime groups is 1. The van der Waals surface area contributed by atoms with Gasteiger partial charge in [0.1, 0.15) is 11.6 Å². The number of alkyl halides is 2. The zero-order valence-corrected chi connectivity index (χ0v) is 13.2. The Bertz CT molecular complexity index is 767. The van der Waals surface area contributed by atoms with Crippen LogP contribution in [0.2, 0.25) is 0 Å². The lowest BCUT2D eigenvalue weighted by molar-refractivity contribution is -0.120. The molecule has 0 radical (unpaired) electrons. The topological polar surface area (TPSA) is 59.9 Å². The third-order valence-corrected chi connectivity index (χ3v) is 3.05. The molecule has 0 heterocycles. The fourth-order valence-electron chi connectivity index (χ4n) is 1.85. The normalized spacial score (nSPS) is 10.9. The molecule has 0 aliphatic rings. The number of ether oxygens (including phenoxy) is 1. The van der Waals surface area contributed by atoms with E-state index in [9.17, 15) is 18.0 Å². The number of halogens is 3. The largest absolute Gasteiger partial charge is 0.434 e. The van der Waals surface area contributed by atoms with Crippen molar-refractivity contribution in [3.63, 3.8) is 0 Å². The minimum atomic E-state index is -2.96. The van der Waals surface area contributed by atoms with Gasteiger partial charge in [0.2, 0.25) is 0 Å². The van der Waals surface area contributed by atoms with Crippen LogP contribution in [-0.4, -0.2) is 25.3 Å². The first-order valence-corrected chi connectivity index (χ1v) is 7.21. The van der Waals surface area contributed by atoms with Crippen molar-refractivity contribution in [2.45, 2.75) is 13.5 Å². The number of aryl methyl sites for hydroxylation is 1. The summed E-state index contributed by atoms with van der Waals surface area (Å²) in [5, 5.41) is 5.98. The second kappa shape index (κ2) is 8.72. The second-order valence-corrected chi connectivity index (χ2v) is 4.94. The zero-order chi connectivity index (χ0) is 18.2. The number of hydrogen-bond donors (Lipinski definition) is 1. The summed E-state index contributed by atoms with van der Waals surface area (Å²) in [5.41, 5.74) is 1.02. The van der Waals surface area contributed by atoms with Crippen LogP contribution < -0.4 is 10.1 Å². The van der Waals surface area contributed by atoms with E-state index in [1.807, 2.05) is 0 Å². The summed E-state index contributed by atoms with van der Waals surface area (Å²) >= 11 is 0. The van der Waals surface area contributed by atoms with Crippen molar-refractivity contribution in [3.05, 3.63) is 59.4 Å². The predicted molar refractivity (Wildman–Crippen MR) is 86.4 cm³/mol. The number of carbonyl (C=O) groups is 1. The number of hydrogen-bond acceptors (Lipinski definition) is 4. The Morgan fingerprint density at radius 1 is 1.28 bits per heavy atom. The maximum Gasteiger partial charge on any atom is 0.387 e. The molecule has 2 aromatic rings. The molecule has 0 bridgehead atoms. The van der Waals surface area contributed by atoms with E-state index < -0.39 is 24.9 Å². The Balaban J connectivity index is 1.86. The molecule has 2 aromatic carbocycles. The molecule has 8 heteroatoms. The molecule has 1 N–H and O–H groups in total. The van der Waals surface area contributed by atoms with Crippen molar-refractivity contribution < 1.29 is 27.5 Å². The average molecular weight is 352 g/mol. The molecule has 0 saturated carbocycles. The number of nitrogens with one attached hydrogen (secondary N) is 1. The Morgan fingerprint density at radius 2 is 2.04 bits per heavy atom. The van der Waals surface area contributed by atoms with Crippen LogP contribution in [0.1, 0.15) is 11.1 Å². The molecular weight excluding hydrogens is 337 g/mol. The van der Waals surface area contributed by atoms with Gasteiger partial charge in [0.05, 0.1) is 6.21 Å². The van der Waals surface area contributed by atoms with Gasteiger partial charge in [-0.15, -0.1) is 0 Å². The Morgan fingerprint density at radius 3 is 2.76 bits per heavy atom. The molecule has 0 aromatic heterocycles. The summed E-state index contributed by atoms with van der Waals surface area (Å²) in [6.07, 6.45) is 1.15. The monoisotopic (exact) mass is 352 g/mol. The number of rotatable bonds is 7. The van der Waals surface area contributed by atoms with E-state index >= 15 is 0 Å². The standard InChI is InChI=1S/C17H15F3N2O3/c1-11-6-7-13(8-14(11)18)22-16(23)10-24-21-9-12-4-2-3-5-15(12)25-17(19)20/h2-9,17H,10H2,1H3,(H,22,23)/b21-9+. The van der Waals surface area contributed by atoms with E-state index in [4.69, 9.17) is 4.84 Å². The number of nitrogens with zero attached hydrogens (tertiary/aromatic N) is 1. The first-order valence-electron chi connectivity index (χ1n) is 7.21. The molecule has 0 atom stereocenters. The lowest BCUT2D eigenvalue weighted by Crippen LogP contribution is -2.17. The van der Waals surface area contributed by atoms with E-state index in [1.165, 1.54) is 30.3 Å². The molecule has 1 amide bonds. The van der Waals surface area contributed by atoms with Crippen molar-refractivity contribution in [2.75, 3.05) is 11.9 Å². The van der Waals surface area contributed by atoms with E-state index in [-0.39, 0.29) is 17.0 Å². The van der Waals surface area contributed by atoms with Crippen LogP contribution in [0.5, 0.6) is 5.75 Å². The van der Waals surface area contributed by atoms with Crippen LogP contribution in [-0.2, 0) is 9.63 Å². The molecule has 2 rings (SSSR count). The number of anilines is 1. The number of benzene rings is 2. The molecule has 0 saturated heterocycles. The Hall–Kier alpha value is -3.03. The van der Waals surface area contributed by atoms with E-state index in [1.54, 1.807) is 19.1 Å². The molecule has 0 spiro atoms. The molecule has 0 unspecified atom stereocenters. The fourth-order valence-corrected chi connectivity index (χ4v) is 1.85. The minimum absolute atomic E-state index is 0.0653. The molecule has 0 aliphatic carbocycles. The van der Waals surface area contributed by atoms with Gasteiger partial charge in [-0.1, -0.05) is 23.4 Å². The van der Waals surface area contributed by atoms with Crippen LogP contribution in [0.4, 0.5) is 18.9 Å². The van der Waals surface area contributed by atoms with E-state index in [2.05, 4.69) is 15.2 Å². The SMILES string of the molecule is Cc1ccc(NC(=O)CO/N=C/c2ccccc2OC(F)F)cc1F. The lowest BCUT2D eigenvalue weighted by atomic mass is 10.2. The minimum Gasteiger partial charge on any atom is -0.434 e. The zero-order valence-electron chi connectivity index (χ0n) is 13.2. The number of para-hydroxylation sites is 1. The van der Waals surface area contributed by atoms with Gasteiger partial charge in [-0.25, -0.2) is 4.39 Å². The maximum absolute atomic E-state index is 13.4. The molecule has 132 valence electrons.